The molecule has 108 valence electrons. The minimum atomic E-state index is -0.393. The zero-order valence-corrected chi connectivity index (χ0v) is 12.3. The van der Waals surface area contributed by atoms with Gasteiger partial charge in [0.2, 0.25) is 6.41 Å². The summed E-state index contributed by atoms with van der Waals surface area (Å²) in [6.07, 6.45) is 2.75. The van der Waals surface area contributed by atoms with Crippen LogP contribution in [-0.2, 0) is 20.7 Å². The minimum Gasteiger partial charge on any atom is -0.468 e. The first-order valence-corrected chi connectivity index (χ1v) is 6.85. The van der Waals surface area contributed by atoms with Crippen molar-refractivity contribution in [2.75, 3.05) is 13.7 Å². The van der Waals surface area contributed by atoms with Gasteiger partial charge in [0, 0.05) is 0 Å². The van der Waals surface area contributed by atoms with E-state index in [2.05, 4.69) is 30.7 Å². The van der Waals surface area contributed by atoms with Crippen LogP contribution >= 0.6 is 0 Å². The Morgan fingerprint density at radius 2 is 2.15 bits per heavy atom. The number of carbonyl (C=O) groups is 2. The molecule has 0 aromatic heterocycles. The number of esters is 1. The molecule has 20 heavy (non-hydrogen) atoms. The van der Waals surface area contributed by atoms with Crippen LogP contribution < -0.4 is 0 Å². The van der Waals surface area contributed by atoms with E-state index in [0.29, 0.717) is 0 Å². The Morgan fingerprint density at radius 3 is 2.80 bits per heavy atom. The lowest BCUT2D eigenvalue weighted by Crippen LogP contribution is -2.43. The van der Waals surface area contributed by atoms with Gasteiger partial charge in [-0.15, -0.1) is 0 Å². The lowest BCUT2D eigenvalue weighted by Gasteiger charge is -2.44. The largest absolute Gasteiger partial charge is 0.468 e. The molecule has 0 radical (unpaired) electrons. The van der Waals surface area contributed by atoms with E-state index >= 15 is 0 Å². The first-order chi connectivity index (χ1) is 9.49. The predicted molar refractivity (Wildman–Crippen MR) is 76.1 cm³/mol. The number of aryl methyl sites for hydroxylation is 1. The molecule has 0 bridgehead atoms. The first-order valence-electron chi connectivity index (χ1n) is 6.85. The van der Waals surface area contributed by atoms with E-state index in [-0.39, 0.29) is 18.0 Å². The maximum Gasteiger partial charge on any atom is 0.325 e. The zero-order valence-electron chi connectivity index (χ0n) is 12.3. The molecule has 0 saturated carbocycles. The minimum absolute atomic E-state index is 0.0115. The molecule has 1 aliphatic rings. The van der Waals surface area contributed by atoms with Crippen molar-refractivity contribution in [3.63, 3.8) is 0 Å². The van der Waals surface area contributed by atoms with Crippen molar-refractivity contribution in [3.8, 4) is 0 Å². The van der Waals surface area contributed by atoms with Crippen molar-refractivity contribution >= 4 is 12.4 Å². The van der Waals surface area contributed by atoms with Crippen LogP contribution in [-0.4, -0.2) is 30.9 Å². The van der Waals surface area contributed by atoms with Gasteiger partial charge in [0.1, 0.15) is 6.54 Å². The molecule has 0 heterocycles. The fourth-order valence-electron chi connectivity index (χ4n) is 3.07. The normalized spacial score (nSPS) is 19.9. The summed E-state index contributed by atoms with van der Waals surface area (Å²) in [4.78, 5) is 24.6. The van der Waals surface area contributed by atoms with Gasteiger partial charge in [0.25, 0.3) is 0 Å². The number of nitrogens with zero attached hydrogens (tertiary/aromatic N) is 1. The molecular weight excluding hydrogens is 254 g/mol. The van der Waals surface area contributed by atoms with Crippen molar-refractivity contribution < 1.29 is 14.3 Å². The quantitative estimate of drug-likeness (QED) is 0.626. The summed E-state index contributed by atoms with van der Waals surface area (Å²) in [5.74, 6) is -0.393. The number of amides is 1. The highest BCUT2D eigenvalue weighted by Crippen LogP contribution is 2.46. The summed E-state index contributed by atoms with van der Waals surface area (Å²) < 4.78 is 4.69. The van der Waals surface area contributed by atoms with Gasteiger partial charge in [-0.2, -0.15) is 0 Å². The second-order valence-electron chi connectivity index (χ2n) is 5.94. The Labute approximate surface area is 119 Å². The van der Waals surface area contributed by atoms with E-state index in [4.69, 9.17) is 0 Å². The van der Waals surface area contributed by atoms with Crippen LogP contribution in [0.3, 0.4) is 0 Å². The number of rotatable bonds is 4. The van der Waals surface area contributed by atoms with E-state index in [1.54, 1.807) is 4.90 Å². The van der Waals surface area contributed by atoms with Crippen LogP contribution in [0.25, 0.3) is 0 Å². The van der Waals surface area contributed by atoms with Crippen molar-refractivity contribution in [1.82, 2.24) is 4.90 Å². The molecule has 0 spiro atoms. The molecule has 1 amide bonds. The standard InChI is InChI=1S/C16H21NO3/c1-16(2)9-8-12-6-4-5-7-13(12)15(16)17(11-18)10-14(19)20-3/h4-7,11,15H,8-10H2,1-3H3. The number of methoxy groups -OCH3 is 1. The Kier molecular flexibility index (Phi) is 4.12. The molecular formula is C16H21NO3. The Hall–Kier alpha value is -1.84. The van der Waals surface area contributed by atoms with Gasteiger partial charge in [0.05, 0.1) is 13.2 Å². The van der Waals surface area contributed by atoms with Crippen LogP contribution in [0.2, 0.25) is 0 Å². The Bertz CT molecular complexity index is 510. The topological polar surface area (TPSA) is 46.6 Å². The van der Waals surface area contributed by atoms with E-state index in [0.717, 1.165) is 24.8 Å². The maximum absolute atomic E-state index is 11.5. The lowest BCUT2D eigenvalue weighted by molar-refractivity contribution is -0.146. The van der Waals surface area contributed by atoms with E-state index in [1.165, 1.54) is 12.7 Å². The molecule has 0 saturated heterocycles. The van der Waals surface area contributed by atoms with Gasteiger partial charge in [0.15, 0.2) is 0 Å². The molecule has 1 aromatic carbocycles. The molecule has 0 aliphatic heterocycles. The van der Waals surface area contributed by atoms with Crippen LogP contribution in [0.5, 0.6) is 0 Å². The molecule has 0 fully saturated rings. The number of carbonyl (C=O) groups excluding carboxylic acids is 2. The van der Waals surface area contributed by atoms with Gasteiger partial charge in [-0.05, 0) is 29.4 Å². The third-order valence-electron chi connectivity index (χ3n) is 4.13. The molecule has 4 nitrogen and oxygen atoms in total. The van der Waals surface area contributed by atoms with Crippen LogP contribution in [0, 0.1) is 5.41 Å². The maximum atomic E-state index is 11.5. The number of ether oxygens (including phenoxy) is 1. The van der Waals surface area contributed by atoms with Crippen LogP contribution in [0.15, 0.2) is 24.3 Å². The molecule has 2 rings (SSSR count). The van der Waals surface area contributed by atoms with E-state index in [1.807, 2.05) is 12.1 Å². The van der Waals surface area contributed by atoms with Gasteiger partial charge >= 0.3 is 5.97 Å². The summed E-state index contributed by atoms with van der Waals surface area (Å²) in [6.45, 7) is 4.27. The molecule has 1 unspecified atom stereocenters. The Balaban J connectivity index is 2.39. The van der Waals surface area contributed by atoms with Gasteiger partial charge < -0.3 is 9.64 Å². The van der Waals surface area contributed by atoms with Crippen LogP contribution in [0.4, 0.5) is 0 Å². The highest BCUT2D eigenvalue weighted by molar-refractivity contribution is 5.74. The monoisotopic (exact) mass is 275 g/mol. The third kappa shape index (κ3) is 2.69. The zero-order chi connectivity index (χ0) is 14.8. The van der Waals surface area contributed by atoms with E-state index < -0.39 is 5.97 Å². The summed E-state index contributed by atoms with van der Waals surface area (Å²) in [7, 11) is 1.34. The first kappa shape index (κ1) is 14.6. The molecule has 1 aliphatic carbocycles. The molecule has 0 N–H and O–H groups in total. The van der Waals surface area contributed by atoms with Crippen molar-refractivity contribution in [1.29, 1.82) is 0 Å². The summed E-state index contributed by atoms with van der Waals surface area (Å²) >= 11 is 0. The molecule has 1 atom stereocenters. The molecule has 4 heteroatoms. The number of hydrogen-bond acceptors (Lipinski definition) is 3. The summed E-state index contributed by atoms with van der Waals surface area (Å²) in [5, 5.41) is 0. The van der Waals surface area contributed by atoms with Crippen molar-refractivity contribution in [3.05, 3.63) is 35.4 Å². The second-order valence-corrected chi connectivity index (χ2v) is 5.94. The van der Waals surface area contributed by atoms with Crippen molar-refractivity contribution in [2.45, 2.75) is 32.7 Å². The third-order valence-corrected chi connectivity index (χ3v) is 4.13. The fraction of sp³-hybridized carbons (Fsp3) is 0.500. The SMILES string of the molecule is COC(=O)CN(C=O)C1c2ccccc2CCC1(C)C. The van der Waals surface area contributed by atoms with Gasteiger partial charge in [-0.25, -0.2) is 0 Å². The molecule has 1 aromatic rings. The summed E-state index contributed by atoms with van der Waals surface area (Å²) in [5.41, 5.74) is 2.33. The smallest absolute Gasteiger partial charge is 0.325 e. The lowest BCUT2D eigenvalue weighted by atomic mass is 9.69. The van der Waals surface area contributed by atoms with Crippen molar-refractivity contribution in [2.24, 2.45) is 5.41 Å². The van der Waals surface area contributed by atoms with Gasteiger partial charge in [-0.3, -0.25) is 9.59 Å². The number of hydrogen-bond donors (Lipinski definition) is 0. The fourth-order valence-corrected chi connectivity index (χ4v) is 3.07. The second kappa shape index (κ2) is 5.65. The Morgan fingerprint density at radius 1 is 1.45 bits per heavy atom. The average molecular weight is 275 g/mol. The van der Waals surface area contributed by atoms with Gasteiger partial charge in [-0.1, -0.05) is 38.1 Å². The number of benzene rings is 1. The van der Waals surface area contributed by atoms with Crippen LogP contribution in [0.1, 0.15) is 37.4 Å². The van der Waals surface area contributed by atoms with E-state index in [9.17, 15) is 9.59 Å². The highest BCUT2D eigenvalue weighted by Gasteiger charge is 2.39. The average Bonchev–Trinajstić information content (AvgIpc) is 2.44. The highest BCUT2D eigenvalue weighted by atomic mass is 16.5. The number of fused-ring (bicyclic) bond motifs is 1. The predicted octanol–water partition coefficient (Wildman–Crippen LogP) is 2.33. The summed E-state index contributed by atoms with van der Waals surface area (Å²) in [6, 6.07) is 8.05.